The van der Waals surface area contributed by atoms with Crippen molar-refractivity contribution in [3.63, 3.8) is 0 Å². The van der Waals surface area contributed by atoms with Crippen molar-refractivity contribution in [2.75, 3.05) is 23.1 Å². The van der Waals surface area contributed by atoms with Gasteiger partial charge >= 0.3 is 0 Å². The van der Waals surface area contributed by atoms with E-state index in [0.717, 1.165) is 21.6 Å². The number of carbonyl (C=O) groups is 1. The lowest BCUT2D eigenvalue weighted by Gasteiger charge is -2.26. The molecule has 0 fully saturated rings. The van der Waals surface area contributed by atoms with E-state index in [1.807, 2.05) is 45.9 Å². The molecule has 7 heteroatoms. The number of hydrogen-bond donors (Lipinski definition) is 1. The van der Waals surface area contributed by atoms with Gasteiger partial charge in [0.1, 0.15) is 6.54 Å². The summed E-state index contributed by atoms with van der Waals surface area (Å²) in [6.45, 7) is 7.87. The fourth-order valence-corrected chi connectivity index (χ4v) is 5.55. The molecule has 0 bridgehead atoms. The Morgan fingerprint density at radius 2 is 1.42 bits per heavy atom. The highest BCUT2D eigenvalue weighted by atomic mass is 32.2. The van der Waals surface area contributed by atoms with Gasteiger partial charge in [-0.05, 0) is 69.2 Å². The molecule has 33 heavy (non-hydrogen) atoms. The van der Waals surface area contributed by atoms with Crippen LogP contribution in [0.5, 0.6) is 0 Å². The Labute approximate surface area is 201 Å². The summed E-state index contributed by atoms with van der Waals surface area (Å²) >= 11 is 1.65. The van der Waals surface area contributed by atoms with Crippen molar-refractivity contribution in [2.24, 2.45) is 0 Å². The molecule has 0 saturated heterocycles. The normalized spacial score (nSPS) is 11.3. The van der Waals surface area contributed by atoms with Gasteiger partial charge in [-0.3, -0.25) is 9.10 Å². The molecule has 0 saturated carbocycles. The number of hydrogen-bond acceptors (Lipinski definition) is 4. The lowest BCUT2D eigenvalue weighted by molar-refractivity contribution is -0.119. The first-order valence-corrected chi connectivity index (χ1v) is 13.2. The first-order chi connectivity index (χ1) is 15.7. The molecule has 0 atom stereocenters. The van der Waals surface area contributed by atoms with E-state index in [-0.39, 0.29) is 17.3 Å². The summed E-state index contributed by atoms with van der Waals surface area (Å²) in [6, 6.07) is 20.5. The van der Waals surface area contributed by atoms with Crippen LogP contribution in [0, 0.1) is 27.7 Å². The van der Waals surface area contributed by atoms with Gasteiger partial charge in [-0.15, -0.1) is 11.8 Å². The van der Waals surface area contributed by atoms with Gasteiger partial charge in [-0.25, -0.2) is 8.42 Å². The summed E-state index contributed by atoms with van der Waals surface area (Å²) in [5.74, 6) is 0.360. The van der Waals surface area contributed by atoms with E-state index in [9.17, 15) is 13.2 Å². The van der Waals surface area contributed by atoms with Crippen molar-refractivity contribution in [3.8, 4) is 0 Å². The zero-order valence-electron chi connectivity index (χ0n) is 19.5. The molecule has 3 aromatic carbocycles. The second kappa shape index (κ2) is 10.9. The number of amides is 1. The number of anilines is 1. The van der Waals surface area contributed by atoms with E-state index < -0.39 is 10.0 Å². The third kappa shape index (κ3) is 6.62. The van der Waals surface area contributed by atoms with E-state index in [1.54, 1.807) is 36.0 Å². The Hall–Kier alpha value is -2.77. The second-order valence-corrected chi connectivity index (χ2v) is 11.2. The van der Waals surface area contributed by atoms with Gasteiger partial charge in [-0.2, -0.15) is 0 Å². The third-order valence-corrected chi connectivity index (χ3v) is 8.03. The van der Waals surface area contributed by atoms with Gasteiger partial charge in [0.2, 0.25) is 5.91 Å². The van der Waals surface area contributed by atoms with Crippen molar-refractivity contribution in [2.45, 2.75) is 37.5 Å². The topological polar surface area (TPSA) is 66.5 Å². The monoisotopic (exact) mass is 482 g/mol. The predicted octanol–water partition coefficient (Wildman–Crippen LogP) is 5.02. The Bertz CT molecular complexity index is 1210. The van der Waals surface area contributed by atoms with Gasteiger partial charge in [0.25, 0.3) is 10.0 Å². The SMILES string of the molecule is Cc1ccc(SCCNC(=O)CN(c2cc(C)ccc2C)S(=O)(=O)c2ccc(C)cc2)cc1. The highest BCUT2D eigenvalue weighted by Gasteiger charge is 2.28. The van der Waals surface area contributed by atoms with Crippen LogP contribution < -0.4 is 9.62 Å². The molecule has 3 aromatic rings. The van der Waals surface area contributed by atoms with E-state index in [1.165, 1.54) is 9.87 Å². The lowest BCUT2D eigenvalue weighted by atomic mass is 10.1. The number of aryl methyl sites for hydroxylation is 4. The molecule has 3 rings (SSSR count). The van der Waals surface area contributed by atoms with Crippen LogP contribution in [0.4, 0.5) is 5.69 Å². The summed E-state index contributed by atoms with van der Waals surface area (Å²) in [6.07, 6.45) is 0. The highest BCUT2D eigenvalue weighted by molar-refractivity contribution is 7.99. The molecule has 0 aliphatic heterocycles. The first kappa shape index (κ1) is 24.9. The zero-order chi connectivity index (χ0) is 24.0. The van der Waals surface area contributed by atoms with Crippen molar-refractivity contribution in [1.82, 2.24) is 5.32 Å². The van der Waals surface area contributed by atoms with Crippen molar-refractivity contribution < 1.29 is 13.2 Å². The molecule has 174 valence electrons. The van der Waals surface area contributed by atoms with Crippen LogP contribution in [0.25, 0.3) is 0 Å². The minimum Gasteiger partial charge on any atom is -0.354 e. The molecule has 0 heterocycles. The Balaban J connectivity index is 1.75. The maximum Gasteiger partial charge on any atom is 0.264 e. The third-order valence-electron chi connectivity index (χ3n) is 5.24. The van der Waals surface area contributed by atoms with E-state index in [2.05, 4.69) is 29.6 Å². The molecule has 0 aliphatic rings. The largest absolute Gasteiger partial charge is 0.354 e. The van der Waals surface area contributed by atoms with Gasteiger partial charge < -0.3 is 5.32 Å². The summed E-state index contributed by atoms with van der Waals surface area (Å²) in [5, 5.41) is 2.87. The lowest BCUT2D eigenvalue weighted by Crippen LogP contribution is -2.41. The fourth-order valence-electron chi connectivity index (χ4n) is 3.31. The Morgan fingerprint density at radius 3 is 2.06 bits per heavy atom. The average Bonchev–Trinajstić information content (AvgIpc) is 2.78. The molecular weight excluding hydrogens is 452 g/mol. The number of rotatable bonds is 9. The van der Waals surface area contributed by atoms with Gasteiger partial charge in [-0.1, -0.05) is 47.5 Å². The molecule has 0 unspecified atom stereocenters. The summed E-state index contributed by atoms with van der Waals surface area (Å²) in [7, 11) is -3.92. The molecule has 0 radical (unpaired) electrons. The van der Waals surface area contributed by atoms with Crippen LogP contribution in [0.3, 0.4) is 0 Å². The molecule has 5 nitrogen and oxygen atoms in total. The molecule has 0 aromatic heterocycles. The van der Waals surface area contributed by atoms with Crippen LogP contribution in [-0.4, -0.2) is 33.2 Å². The fraction of sp³-hybridized carbons (Fsp3) is 0.269. The van der Waals surface area contributed by atoms with Gasteiger partial charge in [0, 0.05) is 17.2 Å². The van der Waals surface area contributed by atoms with Crippen LogP contribution in [0.2, 0.25) is 0 Å². The summed E-state index contributed by atoms with van der Waals surface area (Å²) < 4.78 is 28.3. The molecular formula is C26H30N2O3S2. The second-order valence-electron chi connectivity index (χ2n) is 8.13. The zero-order valence-corrected chi connectivity index (χ0v) is 21.1. The van der Waals surface area contributed by atoms with E-state index in [4.69, 9.17) is 0 Å². The predicted molar refractivity (Wildman–Crippen MR) is 137 cm³/mol. The maximum atomic E-state index is 13.5. The highest BCUT2D eigenvalue weighted by Crippen LogP contribution is 2.28. The Morgan fingerprint density at radius 1 is 0.848 bits per heavy atom. The molecule has 0 spiro atoms. The van der Waals surface area contributed by atoms with Crippen molar-refractivity contribution in [3.05, 3.63) is 89.0 Å². The van der Waals surface area contributed by atoms with Crippen molar-refractivity contribution >= 4 is 33.4 Å². The Kier molecular flexibility index (Phi) is 8.21. The average molecular weight is 483 g/mol. The van der Waals surface area contributed by atoms with Crippen LogP contribution in [-0.2, 0) is 14.8 Å². The van der Waals surface area contributed by atoms with Gasteiger partial charge in [0.15, 0.2) is 0 Å². The standard InChI is InChI=1S/C26H30N2O3S2/c1-19-6-11-23(12-7-19)32-16-15-27-26(29)18-28(25-17-21(3)5-10-22(25)4)33(30,31)24-13-8-20(2)9-14-24/h5-14,17H,15-16,18H2,1-4H3,(H,27,29). The number of thioether (sulfide) groups is 1. The number of sulfonamides is 1. The van der Waals surface area contributed by atoms with Crippen LogP contribution in [0.1, 0.15) is 22.3 Å². The quantitative estimate of drug-likeness (QED) is 0.343. The van der Waals surface area contributed by atoms with E-state index >= 15 is 0 Å². The van der Waals surface area contributed by atoms with Crippen LogP contribution in [0.15, 0.2) is 76.5 Å². The smallest absolute Gasteiger partial charge is 0.264 e. The maximum absolute atomic E-state index is 13.5. The number of carbonyl (C=O) groups excluding carboxylic acids is 1. The summed E-state index contributed by atoms with van der Waals surface area (Å²) in [4.78, 5) is 14.1. The number of nitrogens with one attached hydrogen (secondary N) is 1. The number of nitrogens with zero attached hydrogens (tertiary/aromatic N) is 1. The molecule has 1 N–H and O–H groups in total. The van der Waals surface area contributed by atoms with E-state index in [0.29, 0.717) is 18.0 Å². The van der Waals surface area contributed by atoms with Crippen molar-refractivity contribution in [1.29, 1.82) is 0 Å². The minimum atomic E-state index is -3.92. The summed E-state index contributed by atoms with van der Waals surface area (Å²) in [5.41, 5.74) is 4.40. The first-order valence-electron chi connectivity index (χ1n) is 10.8. The number of benzene rings is 3. The van der Waals surface area contributed by atoms with Crippen LogP contribution >= 0.6 is 11.8 Å². The minimum absolute atomic E-state index is 0.164. The molecule has 0 aliphatic carbocycles. The van der Waals surface area contributed by atoms with Gasteiger partial charge in [0.05, 0.1) is 10.6 Å². The molecule has 1 amide bonds.